The molecule has 7 heteroatoms. The van der Waals surface area contributed by atoms with E-state index in [1.807, 2.05) is 0 Å². The van der Waals surface area contributed by atoms with Gasteiger partial charge in [-0.05, 0) is 37.8 Å². The van der Waals surface area contributed by atoms with E-state index in [1.54, 1.807) is 0 Å². The van der Waals surface area contributed by atoms with Crippen molar-refractivity contribution in [3.63, 3.8) is 0 Å². The molecule has 118 valence electrons. The molecule has 1 aromatic carbocycles. The van der Waals surface area contributed by atoms with Crippen molar-refractivity contribution in [1.29, 1.82) is 5.26 Å². The van der Waals surface area contributed by atoms with E-state index >= 15 is 0 Å². The molecule has 1 aromatic heterocycles. The Balaban J connectivity index is 1.83. The average Bonchev–Trinajstić information content (AvgIpc) is 2.99. The number of aromatic nitrogens is 2. The third kappa shape index (κ3) is 2.93. The first-order valence-electron chi connectivity index (χ1n) is 7.40. The maximum Gasteiger partial charge on any atom is 0.261 e. The quantitative estimate of drug-likeness (QED) is 0.929. The number of fused-ring (bicyclic) bond motifs is 1. The number of benzene rings is 1. The average molecular weight is 314 g/mol. The van der Waals surface area contributed by atoms with Gasteiger partial charge in [-0.3, -0.25) is 14.2 Å². The molecule has 2 aromatic rings. The summed E-state index contributed by atoms with van der Waals surface area (Å²) in [4.78, 5) is 28.5. The number of nitrogens with one attached hydrogen (secondary N) is 1. The van der Waals surface area contributed by atoms with Crippen LogP contribution < -0.4 is 10.9 Å². The van der Waals surface area contributed by atoms with Crippen molar-refractivity contribution in [2.75, 3.05) is 0 Å². The smallest absolute Gasteiger partial charge is 0.261 e. The van der Waals surface area contributed by atoms with Crippen LogP contribution in [0.5, 0.6) is 0 Å². The summed E-state index contributed by atoms with van der Waals surface area (Å²) in [5.74, 6) is -0.879. The second-order valence-electron chi connectivity index (χ2n) is 5.79. The summed E-state index contributed by atoms with van der Waals surface area (Å²) in [6.45, 7) is -0.220. The molecular formula is C16H15FN4O2. The van der Waals surface area contributed by atoms with Gasteiger partial charge < -0.3 is 5.32 Å². The molecule has 1 aliphatic carbocycles. The lowest BCUT2D eigenvalue weighted by molar-refractivity contribution is -0.123. The number of rotatable bonds is 3. The van der Waals surface area contributed by atoms with E-state index in [1.165, 1.54) is 24.5 Å². The summed E-state index contributed by atoms with van der Waals surface area (Å²) >= 11 is 0. The van der Waals surface area contributed by atoms with Gasteiger partial charge in [0, 0.05) is 6.07 Å². The first-order valence-corrected chi connectivity index (χ1v) is 7.40. The van der Waals surface area contributed by atoms with Gasteiger partial charge in [-0.15, -0.1) is 0 Å². The lowest BCUT2D eigenvalue weighted by Crippen LogP contribution is -2.47. The van der Waals surface area contributed by atoms with Crippen molar-refractivity contribution in [3.05, 3.63) is 40.7 Å². The van der Waals surface area contributed by atoms with Gasteiger partial charge in [0.25, 0.3) is 5.56 Å². The third-order valence-electron chi connectivity index (χ3n) is 4.15. The Morgan fingerprint density at radius 3 is 2.87 bits per heavy atom. The molecule has 1 saturated carbocycles. The lowest BCUT2D eigenvalue weighted by atomic mass is 10.00. The van der Waals surface area contributed by atoms with Crippen LogP contribution in [-0.2, 0) is 11.3 Å². The van der Waals surface area contributed by atoms with E-state index < -0.39 is 22.8 Å². The Morgan fingerprint density at radius 1 is 1.43 bits per heavy atom. The molecule has 1 N–H and O–H groups in total. The molecule has 1 amide bonds. The normalized spacial score (nSPS) is 16.2. The summed E-state index contributed by atoms with van der Waals surface area (Å²) in [5, 5.41) is 12.2. The molecule has 0 atom stereocenters. The van der Waals surface area contributed by atoms with Crippen LogP contribution in [0.3, 0.4) is 0 Å². The van der Waals surface area contributed by atoms with Crippen LogP contribution in [0, 0.1) is 17.1 Å². The van der Waals surface area contributed by atoms with Crippen molar-refractivity contribution in [2.24, 2.45) is 0 Å². The maximum absolute atomic E-state index is 13.1. The fourth-order valence-electron chi connectivity index (χ4n) is 2.95. The summed E-state index contributed by atoms with van der Waals surface area (Å²) in [5.41, 5.74) is -0.993. The number of nitrogens with zero attached hydrogens (tertiary/aromatic N) is 3. The maximum atomic E-state index is 13.1. The van der Waals surface area contributed by atoms with Crippen molar-refractivity contribution < 1.29 is 9.18 Å². The molecule has 1 heterocycles. The SMILES string of the molecule is N#CC1(NC(=O)Cn2cnc3cc(F)ccc3c2=O)CCCC1. The zero-order valence-corrected chi connectivity index (χ0v) is 12.4. The van der Waals surface area contributed by atoms with Crippen LogP contribution in [0.15, 0.2) is 29.3 Å². The van der Waals surface area contributed by atoms with E-state index in [4.69, 9.17) is 0 Å². The summed E-state index contributed by atoms with van der Waals surface area (Å²) < 4.78 is 14.3. The van der Waals surface area contributed by atoms with Crippen LogP contribution in [0.2, 0.25) is 0 Å². The number of hydrogen-bond acceptors (Lipinski definition) is 4. The largest absolute Gasteiger partial charge is 0.336 e. The molecular weight excluding hydrogens is 299 g/mol. The number of carbonyl (C=O) groups is 1. The first kappa shape index (κ1) is 15.2. The number of halogens is 1. The minimum atomic E-state index is -0.825. The standard InChI is InChI=1S/C16H15FN4O2/c17-11-3-4-12-13(7-11)19-10-21(15(12)23)8-14(22)20-16(9-18)5-1-2-6-16/h3-4,7,10H,1-2,5-6,8H2,(H,20,22). The molecule has 23 heavy (non-hydrogen) atoms. The zero-order chi connectivity index (χ0) is 16.4. The lowest BCUT2D eigenvalue weighted by Gasteiger charge is -2.22. The minimum Gasteiger partial charge on any atom is -0.336 e. The molecule has 0 radical (unpaired) electrons. The van der Waals surface area contributed by atoms with Gasteiger partial charge in [0.15, 0.2) is 0 Å². The van der Waals surface area contributed by atoms with Crippen molar-refractivity contribution in [1.82, 2.24) is 14.9 Å². The van der Waals surface area contributed by atoms with Crippen molar-refractivity contribution in [2.45, 2.75) is 37.8 Å². The third-order valence-corrected chi connectivity index (χ3v) is 4.15. The Labute approximate surface area is 131 Å². The number of hydrogen-bond donors (Lipinski definition) is 1. The fraction of sp³-hybridized carbons (Fsp3) is 0.375. The van der Waals surface area contributed by atoms with Crippen molar-refractivity contribution >= 4 is 16.8 Å². The van der Waals surface area contributed by atoms with Gasteiger partial charge in [-0.2, -0.15) is 5.26 Å². The Morgan fingerprint density at radius 2 is 2.17 bits per heavy atom. The fourth-order valence-corrected chi connectivity index (χ4v) is 2.95. The summed E-state index contributed by atoms with van der Waals surface area (Å²) in [7, 11) is 0. The van der Waals surface area contributed by atoms with E-state index in [-0.39, 0.29) is 17.4 Å². The zero-order valence-electron chi connectivity index (χ0n) is 12.4. The van der Waals surface area contributed by atoms with Crippen LogP contribution in [-0.4, -0.2) is 21.0 Å². The highest BCUT2D eigenvalue weighted by molar-refractivity contribution is 5.79. The van der Waals surface area contributed by atoms with Crippen LogP contribution in [0.4, 0.5) is 4.39 Å². The molecule has 3 rings (SSSR count). The van der Waals surface area contributed by atoms with Crippen LogP contribution in [0.25, 0.3) is 10.9 Å². The molecule has 0 spiro atoms. The second-order valence-corrected chi connectivity index (χ2v) is 5.79. The highest BCUT2D eigenvalue weighted by atomic mass is 19.1. The monoisotopic (exact) mass is 314 g/mol. The van der Waals surface area contributed by atoms with E-state index in [0.717, 1.165) is 17.4 Å². The number of carbonyl (C=O) groups excluding carboxylic acids is 1. The topological polar surface area (TPSA) is 87.8 Å². The molecule has 1 fully saturated rings. The second kappa shape index (κ2) is 5.80. The van der Waals surface area contributed by atoms with Gasteiger partial charge in [0.2, 0.25) is 5.91 Å². The molecule has 6 nitrogen and oxygen atoms in total. The van der Waals surface area contributed by atoms with E-state index in [9.17, 15) is 19.2 Å². The van der Waals surface area contributed by atoms with E-state index in [0.29, 0.717) is 12.8 Å². The Hall–Kier alpha value is -2.75. The minimum absolute atomic E-state index is 0.220. The van der Waals surface area contributed by atoms with Gasteiger partial charge in [0.05, 0.1) is 23.3 Å². The Bertz CT molecular complexity index is 862. The molecule has 0 unspecified atom stereocenters. The number of nitriles is 1. The summed E-state index contributed by atoms with van der Waals surface area (Å²) in [6.07, 6.45) is 4.27. The highest BCUT2D eigenvalue weighted by Crippen LogP contribution is 2.28. The molecule has 0 bridgehead atoms. The predicted octanol–water partition coefficient (Wildman–Crippen LogP) is 1.49. The van der Waals surface area contributed by atoms with Crippen molar-refractivity contribution in [3.8, 4) is 6.07 Å². The van der Waals surface area contributed by atoms with Crippen LogP contribution in [0.1, 0.15) is 25.7 Å². The predicted molar refractivity (Wildman–Crippen MR) is 80.9 cm³/mol. The first-order chi connectivity index (χ1) is 11.0. The van der Waals surface area contributed by atoms with Gasteiger partial charge in [-0.25, -0.2) is 9.37 Å². The molecule has 0 aliphatic heterocycles. The number of amides is 1. The van der Waals surface area contributed by atoms with E-state index in [2.05, 4.69) is 16.4 Å². The Kier molecular flexibility index (Phi) is 3.82. The van der Waals surface area contributed by atoms with Crippen LogP contribution >= 0.6 is 0 Å². The summed E-state index contributed by atoms with van der Waals surface area (Å²) in [6, 6.07) is 5.87. The molecule has 0 saturated heterocycles. The van der Waals surface area contributed by atoms with Gasteiger partial charge in [-0.1, -0.05) is 0 Å². The molecule has 1 aliphatic rings. The van der Waals surface area contributed by atoms with Gasteiger partial charge >= 0.3 is 0 Å². The highest BCUT2D eigenvalue weighted by Gasteiger charge is 2.35. The van der Waals surface area contributed by atoms with Gasteiger partial charge in [0.1, 0.15) is 17.9 Å².